The minimum atomic E-state index is -0.944. The number of aliphatic carboxylic acids is 1. The van der Waals surface area contributed by atoms with Gasteiger partial charge in [-0.15, -0.1) is 0 Å². The Morgan fingerprint density at radius 1 is 1.15 bits per heavy atom. The molecule has 0 saturated heterocycles. The van der Waals surface area contributed by atoms with Crippen LogP contribution in [0.25, 0.3) is 5.57 Å². The van der Waals surface area contributed by atoms with Crippen LogP contribution in [0.3, 0.4) is 0 Å². The molecule has 2 aromatic rings. The van der Waals surface area contributed by atoms with E-state index in [1.807, 2.05) is 42.5 Å². The normalized spacial score (nSPS) is 12.7. The van der Waals surface area contributed by atoms with Crippen LogP contribution in [-0.2, 0) is 16.0 Å². The van der Waals surface area contributed by atoms with Crippen molar-refractivity contribution in [1.29, 1.82) is 0 Å². The number of allylic oxidation sites excluding steroid dienone is 1. The molecule has 0 bridgehead atoms. The third kappa shape index (κ3) is 6.32. The molecule has 0 saturated carbocycles. The molecule has 0 amide bonds. The summed E-state index contributed by atoms with van der Waals surface area (Å²) in [7, 11) is 0. The van der Waals surface area contributed by atoms with Gasteiger partial charge in [-0.2, -0.15) is 0 Å². The Morgan fingerprint density at radius 3 is 2.38 bits per heavy atom. The maximum Gasteiger partial charge on any atom is 0.333 e. The first-order valence-corrected chi connectivity index (χ1v) is 9.27. The molecular weight excluding hydrogens is 396 g/mol. The molecule has 0 aliphatic heterocycles. The van der Waals surface area contributed by atoms with E-state index in [9.17, 15) is 4.79 Å². The maximum atomic E-state index is 11.1. The summed E-state index contributed by atoms with van der Waals surface area (Å²) in [4.78, 5) is 11.1. The molecular formula is C21H23BrO4. The van der Waals surface area contributed by atoms with Crippen molar-refractivity contribution < 1.29 is 19.4 Å². The lowest BCUT2D eigenvalue weighted by Gasteiger charge is -2.12. The Labute approximate surface area is 162 Å². The van der Waals surface area contributed by atoms with E-state index >= 15 is 0 Å². The van der Waals surface area contributed by atoms with E-state index in [1.165, 1.54) is 0 Å². The van der Waals surface area contributed by atoms with Crippen molar-refractivity contribution >= 4 is 27.5 Å². The van der Waals surface area contributed by atoms with Crippen molar-refractivity contribution in [3.63, 3.8) is 0 Å². The van der Waals surface area contributed by atoms with Gasteiger partial charge in [-0.05, 0) is 60.9 Å². The molecule has 0 heterocycles. The number of carboxylic acids is 1. The van der Waals surface area contributed by atoms with Crippen molar-refractivity contribution in [1.82, 2.24) is 0 Å². The van der Waals surface area contributed by atoms with Gasteiger partial charge in [0.15, 0.2) is 6.10 Å². The molecule has 1 N–H and O–H groups in total. The molecule has 0 aliphatic carbocycles. The van der Waals surface area contributed by atoms with Gasteiger partial charge >= 0.3 is 5.97 Å². The van der Waals surface area contributed by atoms with Crippen LogP contribution in [0.2, 0.25) is 0 Å². The van der Waals surface area contributed by atoms with Gasteiger partial charge in [-0.25, -0.2) is 4.79 Å². The topological polar surface area (TPSA) is 55.8 Å². The van der Waals surface area contributed by atoms with Crippen molar-refractivity contribution in [2.75, 3.05) is 13.2 Å². The Kier molecular flexibility index (Phi) is 7.88. The largest absolute Gasteiger partial charge is 0.490 e. The van der Waals surface area contributed by atoms with E-state index in [-0.39, 0.29) is 0 Å². The molecule has 0 fully saturated rings. The first-order valence-electron chi connectivity index (χ1n) is 8.48. The van der Waals surface area contributed by atoms with Crippen LogP contribution in [0.4, 0.5) is 0 Å². The summed E-state index contributed by atoms with van der Waals surface area (Å²) >= 11 is 3.43. The quantitative estimate of drug-likeness (QED) is 0.624. The van der Waals surface area contributed by atoms with Crippen LogP contribution >= 0.6 is 15.9 Å². The molecule has 138 valence electrons. The van der Waals surface area contributed by atoms with Crippen molar-refractivity contribution in [3.05, 3.63) is 70.2 Å². The zero-order valence-electron chi connectivity index (χ0n) is 14.9. The number of hydrogen-bond donors (Lipinski definition) is 1. The van der Waals surface area contributed by atoms with Crippen molar-refractivity contribution in [2.24, 2.45) is 0 Å². The van der Waals surface area contributed by atoms with Crippen LogP contribution in [0, 0.1) is 0 Å². The predicted molar refractivity (Wildman–Crippen MR) is 106 cm³/mol. The van der Waals surface area contributed by atoms with E-state index in [2.05, 4.69) is 35.0 Å². The van der Waals surface area contributed by atoms with E-state index in [0.717, 1.165) is 26.9 Å². The predicted octanol–water partition coefficient (Wildman–Crippen LogP) is 4.96. The number of rotatable bonds is 9. The Balaban J connectivity index is 1.89. The smallest absolute Gasteiger partial charge is 0.333 e. The highest BCUT2D eigenvalue weighted by molar-refractivity contribution is 9.10. The summed E-state index contributed by atoms with van der Waals surface area (Å²) in [5.74, 6) is -0.197. The Bertz CT molecular complexity index is 736. The number of ether oxygens (including phenoxy) is 2. The van der Waals surface area contributed by atoms with Gasteiger partial charge in [0.05, 0.1) is 0 Å². The molecule has 1 atom stereocenters. The summed E-state index contributed by atoms with van der Waals surface area (Å²) in [5, 5.41) is 9.14. The summed E-state index contributed by atoms with van der Waals surface area (Å²) in [6.07, 6.45) is 1.56. The van der Waals surface area contributed by atoms with Gasteiger partial charge in [0.25, 0.3) is 0 Å². The summed E-state index contributed by atoms with van der Waals surface area (Å²) in [5.41, 5.74) is 3.21. The third-order valence-corrected chi connectivity index (χ3v) is 4.46. The van der Waals surface area contributed by atoms with Crippen LogP contribution in [0.15, 0.2) is 59.1 Å². The molecule has 26 heavy (non-hydrogen) atoms. The molecule has 0 aliphatic rings. The molecule has 0 spiro atoms. The SMILES string of the molecule is CCO[C@@H](Cc1ccc(OC/C=C(/C)c2ccc(Br)cc2)cc1)C(=O)O. The van der Waals surface area contributed by atoms with Gasteiger partial charge in [-0.3, -0.25) is 0 Å². The van der Waals surface area contributed by atoms with Crippen LogP contribution in [0.1, 0.15) is 25.0 Å². The average molecular weight is 419 g/mol. The highest BCUT2D eigenvalue weighted by Gasteiger charge is 2.17. The fraction of sp³-hybridized carbons (Fsp3) is 0.286. The fourth-order valence-electron chi connectivity index (χ4n) is 2.45. The Morgan fingerprint density at radius 2 is 1.81 bits per heavy atom. The highest BCUT2D eigenvalue weighted by Crippen LogP contribution is 2.18. The molecule has 4 nitrogen and oxygen atoms in total. The zero-order chi connectivity index (χ0) is 18.9. The van der Waals surface area contributed by atoms with Gasteiger partial charge in [0, 0.05) is 17.5 Å². The van der Waals surface area contributed by atoms with E-state index in [0.29, 0.717) is 19.6 Å². The van der Waals surface area contributed by atoms with E-state index in [1.54, 1.807) is 6.92 Å². The summed E-state index contributed by atoms with van der Waals surface area (Å²) in [6.45, 7) is 4.69. The number of halogens is 1. The highest BCUT2D eigenvalue weighted by atomic mass is 79.9. The summed E-state index contributed by atoms with van der Waals surface area (Å²) < 4.78 is 12.0. The van der Waals surface area contributed by atoms with Gasteiger partial charge in [-0.1, -0.05) is 40.2 Å². The minimum absolute atomic E-state index is 0.339. The van der Waals surface area contributed by atoms with Crippen LogP contribution in [-0.4, -0.2) is 30.4 Å². The Hall–Kier alpha value is -2.11. The second-order valence-electron chi connectivity index (χ2n) is 5.84. The number of carbonyl (C=O) groups is 1. The van der Waals surface area contributed by atoms with Gasteiger partial charge in [0.1, 0.15) is 12.4 Å². The number of benzene rings is 2. The van der Waals surface area contributed by atoms with Crippen molar-refractivity contribution in [3.8, 4) is 5.75 Å². The molecule has 0 radical (unpaired) electrons. The molecule has 2 aromatic carbocycles. The van der Waals surface area contributed by atoms with E-state index < -0.39 is 12.1 Å². The van der Waals surface area contributed by atoms with Crippen molar-refractivity contribution in [2.45, 2.75) is 26.4 Å². The molecule has 0 unspecified atom stereocenters. The monoisotopic (exact) mass is 418 g/mol. The number of hydrogen-bond acceptors (Lipinski definition) is 3. The van der Waals surface area contributed by atoms with Gasteiger partial charge in [0.2, 0.25) is 0 Å². The second-order valence-corrected chi connectivity index (χ2v) is 6.75. The summed E-state index contributed by atoms with van der Waals surface area (Å²) in [6, 6.07) is 15.6. The minimum Gasteiger partial charge on any atom is -0.490 e. The fourth-order valence-corrected chi connectivity index (χ4v) is 2.71. The second kappa shape index (κ2) is 10.1. The van der Waals surface area contributed by atoms with Gasteiger partial charge < -0.3 is 14.6 Å². The first-order chi connectivity index (χ1) is 12.5. The third-order valence-electron chi connectivity index (χ3n) is 3.93. The lowest BCUT2D eigenvalue weighted by Crippen LogP contribution is -2.26. The van der Waals surface area contributed by atoms with Crippen LogP contribution in [0.5, 0.6) is 5.75 Å². The zero-order valence-corrected chi connectivity index (χ0v) is 16.5. The standard InChI is InChI=1S/C21H23BrO4/c1-3-25-20(21(23)24)14-16-4-10-19(11-5-16)26-13-12-15(2)17-6-8-18(22)9-7-17/h4-12,20H,3,13-14H2,1-2H3,(H,23,24)/b15-12-/t20-/m0/s1. The molecule has 2 rings (SSSR count). The lowest BCUT2D eigenvalue weighted by molar-refractivity contribution is -0.149. The lowest BCUT2D eigenvalue weighted by atomic mass is 10.1. The van der Waals surface area contributed by atoms with Crippen LogP contribution < -0.4 is 4.74 Å². The maximum absolute atomic E-state index is 11.1. The van der Waals surface area contributed by atoms with E-state index in [4.69, 9.17) is 14.6 Å². The average Bonchev–Trinajstić information content (AvgIpc) is 2.63. The first kappa shape index (κ1) is 20.2. The molecule has 5 heteroatoms. The molecule has 0 aromatic heterocycles. The number of carboxylic acid groups (broad SMARTS) is 1.